The first-order valence-corrected chi connectivity index (χ1v) is 10.3. The molecule has 2 fully saturated rings. The predicted octanol–water partition coefficient (Wildman–Crippen LogP) is 4.97. The number of benzene rings is 1. The molecule has 1 aromatic rings. The van der Waals surface area contributed by atoms with Crippen LogP contribution in [0.4, 0.5) is 13.2 Å². The van der Waals surface area contributed by atoms with Crippen molar-refractivity contribution < 1.29 is 18.0 Å². The standard InChI is InChI=1S/C22H31F3N2O/c1-17(2)19-6-4-18(5-7-19)14-26-12-3-9-21(15-26)11-13-27(16-21)20(28)8-10-22(23,24)25/h4-7,17H,3,8-16H2,1-2H3/t21-/m1/s1. The summed E-state index contributed by atoms with van der Waals surface area (Å²) in [4.78, 5) is 16.3. The number of hydrogen-bond donors (Lipinski definition) is 0. The molecule has 1 aromatic carbocycles. The summed E-state index contributed by atoms with van der Waals surface area (Å²) >= 11 is 0. The van der Waals surface area contributed by atoms with E-state index in [2.05, 4.69) is 43.0 Å². The molecule has 0 bridgehead atoms. The fraction of sp³-hybridized carbons (Fsp3) is 0.682. The summed E-state index contributed by atoms with van der Waals surface area (Å²) < 4.78 is 37.2. The van der Waals surface area contributed by atoms with Crippen LogP contribution in [0.5, 0.6) is 0 Å². The Kier molecular flexibility index (Phi) is 6.37. The van der Waals surface area contributed by atoms with E-state index in [-0.39, 0.29) is 11.3 Å². The normalized spacial score (nSPS) is 23.7. The topological polar surface area (TPSA) is 23.6 Å². The van der Waals surface area contributed by atoms with Crippen molar-refractivity contribution in [1.29, 1.82) is 0 Å². The molecule has 156 valence electrons. The van der Waals surface area contributed by atoms with Crippen LogP contribution in [0.1, 0.15) is 63.0 Å². The number of amides is 1. The van der Waals surface area contributed by atoms with Crippen molar-refractivity contribution in [2.45, 2.75) is 64.6 Å². The highest BCUT2D eigenvalue weighted by Crippen LogP contribution is 2.40. The van der Waals surface area contributed by atoms with Crippen LogP contribution in [0.3, 0.4) is 0 Å². The van der Waals surface area contributed by atoms with Crippen molar-refractivity contribution in [2.24, 2.45) is 5.41 Å². The molecule has 3 nitrogen and oxygen atoms in total. The Labute approximate surface area is 165 Å². The van der Waals surface area contributed by atoms with E-state index in [1.165, 1.54) is 11.1 Å². The summed E-state index contributed by atoms with van der Waals surface area (Å²) in [6, 6.07) is 8.77. The maximum absolute atomic E-state index is 12.4. The van der Waals surface area contributed by atoms with Gasteiger partial charge in [0, 0.05) is 38.0 Å². The number of hydrogen-bond acceptors (Lipinski definition) is 2. The first-order valence-electron chi connectivity index (χ1n) is 10.3. The summed E-state index contributed by atoms with van der Waals surface area (Å²) in [6.45, 7) is 8.41. The summed E-state index contributed by atoms with van der Waals surface area (Å²) in [6.07, 6.45) is -2.68. The molecule has 0 saturated carbocycles. The maximum Gasteiger partial charge on any atom is 0.389 e. The van der Waals surface area contributed by atoms with Crippen molar-refractivity contribution in [3.05, 3.63) is 35.4 Å². The van der Waals surface area contributed by atoms with E-state index in [1.807, 2.05) is 0 Å². The molecular weight excluding hydrogens is 365 g/mol. The third-order valence-electron chi connectivity index (χ3n) is 6.21. The van der Waals surface area contributed by atoms with Gasteiger partial charge in [0.2, 0.25) is 5.91 Å². The van der Waals surface area contributed by atoms with Crippen LogP contribution < -0.4 is 0 Å². The van der Waals surface area contributed by atoms with Crippen LogP contribution in [0.2, 0.25) is 0 Å². The third-order valence-corrected chi connectivity index (χ3v) is 6.21. The maximum atomic E-state index is 12.4. The number of likely N-dealkylation sites (tertiary alicyclic amines) is 2. The summed E-state index contributed by atoms with van der Waals surface area (Å²) in [5.41, 5.74) is 2.67. The minimum Gasteiger partial charge on any atom is -0.342 e. The van der Waals surface area contributed by atoms with Gasteiger partial charge >= 0.3 is 6.18 Å². The summed E-state index contributed by atoms with van der Waals surface area (Å²) in [5, 5.41) is 0. The zero-order valence-electron chi connectivity index (χ0n) is 16.9. The van der Waals surface area contributed by atoms with Gasteiger partial charge in [-0.3, -0.25) is 9.69 Å². The summed E-state index contributed by atoms with van der Waals surface area (Å²) in [5.74, 6) is 0.169. The molecule has 0 unspecified atom stereocenters. The minimum absolute atomic E-state index is 0.0457. The molecule has 0 radical (unpaired) electrons. The molecule has 2 heterocycles. The SMILES string of the molecule is CC(C)c1ccc(CN2CCC[C@@]3(CCN(C(=O)CCC(F)(F)F)C3)C2)cc1. The van der Waals surface area contributed by atoms with Crippen molar-refractivity contribution in [3.8, 4) is 0 Å². The molecular formula is C22H31F3N2O. The van der Waals surface area contributed by atoms with E-state index in [4.69, 9.17) is 0 Å². The van der Waals surface area contributed by atoms with Crippen LogP contribution in [0, 0.1) is 5.41 Å². The van der Waals surface area contributed by atoms with Gasteiger partial charge in [-0.05, 0) is 42.9 Å². The Hall–Kier alpha value is -1.56. The van der Waals surface area contributed by atoms with E-state index in [0.29, 0.717) is 19.0 Å². The Morgan fingerprint density at radius 3 is 2.46 bits per heavy atom. The van der Waals surface area contributed by atoms with E-state index < -0.39 is 19.0 Å². The van der Waals surface area contributed by atoms with Crippen molar-refractivity contribution in [1.82, 2.24) is 9.80 Å². The zero-order chi connectivity index (χ0) is 20.4. The first kappa shape index (κ1) is 21.2. The molecule has 6 heteroatoms. The van der Waals surface area contributed by atoms with Crippen molar-refractivity contribution in [2.75, 3.05) is 26.2 Å². The Bertz CT molecular complexity index is 671. The zero-order valence-corrected chi connectivity index (χ0v) is 16.9. The molecule has 1 amide bonds. The second-order valence-corrected chi connectivity index (χ2v) is 8.89. The fourth-order valence-corrected chi connectivity index (χ4v) is 4.60. The molecule has 0 N–H and O–H groups in total. The molecule has 0 aliphatic carbocycles. The summed E-state index contributed by atoms with van der Waals surface area (Å²) in [7, 11) is 0. The van der Waals surface area contributed by atoms with Gasteiger partial charge in [-0.2, -0.15) is 13.2 Å². The van der Waals surface area contributed by atoms with Crippen LogP contribution >= 0.6 is 0 Å². The minimum atomic E-state index is -4.26. The van der Waals surface area contributed by atoms with Crippen LogP contribution in [0.25, 0.3) is 0 Å². The monoisotopic (exact) mass is 396 g/mol. The lowest BCUT2D eigenvalue weighted by atomic mass is 9.79. The fourth-order valence-electron chi connectivity index (χ4n) is 4.60. The molecule has 2 saturated heterocycles. The second kappa shape index (κ2) is 8.44. The number of piperidine rings is 1. The van der Waals surface area contributed by atoms with E-state index in [0.717, 1.165) is 38.9 Å². The van der Waals surface area contributed by atoms with Crippen molar-refractivity contribution in [3.63, 3.8) is 0 Å². The van der Waals surface area contributed by atoms with Gasteiger partial charge in [0.15, 0.2) is 0 Å². The average Bonchev–Trinajstić information content (AvgIpc) is 3.03. The van der Waals surface area contributed by atoms with E-state index >= 15 is 0 Å². The first-order chi connectivity index (χ1) is 13.2. The van der Waals surface area contributed by atoms with Gasteiger partial charge < -0.3 is 4.90 Å². The molecule has 0 aromatic heterocycles. The van der Waals surface area contributed by atoms with Gasteiger partial charge in [-0.25, -0.2) is 0 Å². The number of alkyl halides is 3. The van der Waals surface area contributed by atoms with Crippen LogP contribution in [0.15, 0.2) is 24.3 Å². The molecule has 1 spiro atoms. The van der Waals surface area contributed by atoms with Gasteiger partial charge in [0.25, 0.3) is 0 Å². The Morgan fingerprint density at radius 2 is 1.82 bits per heavy atom. The highest BCUT2D eigenvalue weighted by molar-refractivity contribution is 5.76. The predicted molar refractivity (Wildman–Crippen MR) is 104 cm³/mol. The third kappa shape index (κ3) is 5.49. The smallest absolute Gasteiger partial charge is 0.342 e. The van der Waals surface area contributed by atoms with Gasteiger partial charge in [-0.1, -0.05) is 38.1 Å². The average molecular weight is 396 g/mol. The van der Waals surface area contributed by atoms with Gasteiger partial charge in [0.05, 0.1) is 6.42 Å². The lowest BCUT2D eigenvalue weighted by Gasteiger charge is -2.40. The molecule has 3 rings (SSSR count). The quantitative estimate of drug-likeness (QED) is 0.702. The number of nitrogens with zero attached hydrogens (tertiary/aromatic N) is 2. The van der Waals surface area contributed by atoms with Crippen LogP contribution in [-0.2, 0) is 11.3 Å². The van der Waals surface area contributed by atoms with Crippen LogP contribution in [-0.4, -0.2) is 48.1 Å². The van der Waals surface area contributed by atoms with E-state index in [1.54, 1.807) is 4.90 Å². The van der Waals surface area contributed by atoms with Gasteiger partial charge in [-0.15, -0.1) is 0 Å². The Balaban J connectivity index is 1.55. The molecule has 1 atom stereocenters. The molecule has 2 aliphatic heterocycles. The van der Waals surface area contributed by atoms with Gasteiger partial charge in [0.1, 0.15) is 0 Å². The highest BCUT2D eigenvalue weighted by atomic mass is 19.4. The molecule has 28 heavy (non-hydrogen) atoms. The number of rotatable bonds is 5. The largest absolute Gasteiger partial charge is 0.389 e. The number of halogens is 3. The number of carbonyl (C=O) groups is 1. The number of carbonyl (C=O) groups excluding carboxylic acids is 1. The lowest BCUT2D eigenvalue weighted by molar-refractivity contribution is -0.148. The lowest BCUT2D eigenvalue weighted by Crippen LogP contribution is -2.45. The molecule has 2 aliphatic rings. The Morgan fingerprint density at radius 1 is 1.11 bits per heavy atom. The van der Waals surface area contributed by atoms with E-state index in [9.17, 15) is 18.0 Å². The van der Waals surface area contributed by atoms with Crippen molar-refractivity contribution >= 4 is 5.91 Å². The second-order valence-electron chi connectivity index (χ2n) is 8.89. The highest BCUT2D eigenvalue weighted by Gasteiger charge is 2.43.